The molecular formula is C19H24ClN. The Labute approximate surface area is 133 Å². The second kappa shape index (κ2) is 8.21. The highest BCUT2D eigenvalue weighted by molar-refractivity contribution is 6.32. The lowest BCUT2D eigenvalue weighted by atomic mass is 9.97. The van der Waals surface area contributed by atoms with Crippen LogP contribution >= 0.6 is 11.6 Å². The van der Waals surface area contributed by atoms with Crippen LogP contribution in [0.4, 0.5) is 0 Å². The van der Waals surface area contributed by atoms with Crippen molar-refractivity contribution in [3.8, 4) is 0 Å². The molecule has 0 heterocycles. The fourth-order valence-electron chi connectivity index (χ4n) is 2.71. The third-order valence-corrected chi connectivity index (χ3v) is 4.36. The molecule has 2 heteroatoms. The Kier molecular flexibility index (Phi) is 6.28. The van der Waals surface area contributed by atoms with Crippen LogP contribution in [0.15, 0.2) is 48.5 Å². The fraction of sp³-hybridized carbons (Fsp3) is 0.368. The molecule has 0 bridgehead atoms. The number of aryl methyl sites for hydroxylation is 2. The molecule has 1 nitrogen and oxygen atoms in total. The summed E-state index contributed by atoms with van der Waals surface area (Å²) < 4.78 is 0. The van der Waals surface area contributed by atoms with Crippen LogP contribution in [0.25, 0.3) is 0 Å². The molecule has 2 aromatic carbocycles. The van der Waals surface area contributed by atoms with Gasteiger partial charge in [0, 0.05) is 11.1 Å². The third kappa shape index (κ3) is 4.59. The van der Waals surface area contributed by atoms with E-state index in [1.165, 1.54) is 11.1 Å². The van der Waals surface area contributed by atoms with Gasteiger partial charge >= 0.3 is 0 Å². The van der Waals surface area contributed by atoms with Gasteiger partial charge in [0.05, 0.1) is 0 Å². The SMILES string of the molecule is CCNC(CCCc1ccccc1)c1cccc(C)c1Cl. The summed E-state index contributed by atoms with van der Waals surface area (Å²) in [7, 11) is 0. The molecule has 0 radical (unpaired) electrons. The van der Waals surface area contributed by atoms with Crippen molar-refractivity contribution in [2.75, 3.05) is 6.54 Å². The normalized spacial score (nSPS) is 12.3. The monoisotopic (exact) mass is 301 g/mol. The van der Waals surface area contributed by atoms with E-state index in [-0.39, 0.29) is 0 Å². The summed E-state index contributed by atoms with van der Waals surface area (Å²) in [6.45, 7) is 5.17. The molecule has 0 amide bonds. The van der Waals surface area contributed by atoms with Crippen LogP contribution in [-0.4, -0.2) is 6.54 Å². The Morgan fingerprint density at radius 3 is 2.52 bits per heavy atom. The Morgan fingerprint density at radius 1 is 1.05 bits per heavy atom. The summed E-state index contributed by atoms with van der Waals surface area (Å²) in [5.74, 6) is 0. The zero-order valence-electron chi connectivity index (χ0n) is 12.9. The van der Waals surface area contributed by atoms with Gasteiger partial charge in [0.15, 0.2) is 0 Å². The number of rotatable bonds is 7. The molecule has 0 aliphatic carbocycles. The molecule has 1 N–H and O–H groups in total. The summed E-state index contributed by atoms with van der Waals surface area (Å²) in [6, 6.07) is 17.3. The van der Waals surface area contributed by atoms with Crippen molar-refractivity contribution >= 4 is 11.6 Å². The second-order valence-corrected chi connectivity index (χ2v) is 5.84. The van der Waals surface area contributed by atoms with Crippen molar-refractivity contribution in [1.29, 1.82) is 0 Å². The molecule has 0 saturated heterocycles. The topological polar surface area (TPSA) is 12.0 Å². The number of benzene rings is 2. The molecule has 0 spiro atoms. The molecule has 0 saturated carbocycles. The van der Waals surface area contributed by atoms with E-state index in [0.717, 1.165) is 36.4 Å². The van der Waals surface area contributed by atoms with Gasteiger partial charge in [0.25, 0.3) is 0 Å². The van der Waals surface area contributed by atoms with Gasteiger partial charge < -0.3 is 5.32 Å². The quantitative estimate of drug-likeness (QED) is 0.729. The van der Waals surface area contributed by atoms with Crippen molar-refractivity contribution in [2.45, 2.75) is 39.2 Å². The van der Waals surface area contributed by atoms with Gasteiger partial charge in [-0.1, -0.05) is 67.1 Å². The van der Waals surface area contributed by atoms with Gasteiger partial charge in [0.1, 0.15) is 0 Å². The zero-order chi connectivity index (χ0) is 15.1. The molecule has 2 aromatic rings. The molecule has 1 unspecified atom stereocenters. The Morgan fingerprint density at radius 2 is 1.81 bits per heavy atom. The maximum absolute atomic E-state index is 6.48. The summed E-state index contributed by atoms with van der Waals surface area (Å²) in [4.78, 5) is 0. The van der Waals surface area contributed by atoms with E-state index in [0.29, 0.717) is 6.04 Å². The summed E-state index contributed by atoms with van der Waals surface area (Å²) in [6.07, 6.45) is 3.38. The molecule has 0 aliphatic heterocycles. The fourth-order valence-corrected chi connectivity index (χ4v) is 2.97. The first-order valence-electron chi connectivity index (χ1n) is 7.74. The van der Waals surface area contributed by atoms with Crippen LogP contribution in [-0.2, 0) is 6.42 Å². The number of hydrogen-bond acceptors (Lipinski definition) is 1. The average molecular weight is 302 g/mol. The van der Waals surface area contributed by atoms with Crippen molar-refractivity contribution in [2.24, 2.45) is 0 Å². The predicted molar refractivity (Wildman–Crippen MR) is 92.0 cm³/mol. The molecule has 2 rings (SSSR count). The van der Waals surface area contributed by atoms with Gasteiger partial charge in [-0.25, -0.2) is 0 Å². The van der Waals surface area contributed by atoms with Crippen LogP contribution in [0.5, 0.6) is 0 Å². The highest BCUT2D eigenvalue weighted by Crippen LogP contribution is 2.29. The highest BCUT2D eigenvalue weighted by atomic mass is 35.5. The Balaban J connectivity index is 2.00. The van der Waals surface area contributed by atoms with Gasteiger partial charge in [-0.05, 0) is 49.4 Å². The average Bonchev–Trinajstić information content (AvgIpc) is 2.50. The van der Waals surface area contributed by atoms with E-state index in [1.807, 2.05) is 0 Å². The number of hydrogen-bond donors (Lipinski definition) is 1. The standard InChI is InChI=1S/C19H24ClN/c1-3-21-18(17-13-7-9-15(2)19(17)20)14-8-12-16-10-5-4-6-11-16/h4-7,9-11,13,18,21H,3,8,12,14H2,1-2H3. The molecule has 0 fully saturated rings. The van der Waals surface area contributed by atoms with E-state index in [2.05, 4.69) is 67.7 Å². The van der Waals surface area contributed by atoms with E-state index in [1.54, 1.807) is 0 Å². The van der Waals surface area contributed by atoms with Crippen LogP contribution in [0.3, 0.4) is 0 Å². The van der Waals surface area contributed by atoms with E-state index in [9.17, 15) is 0 Å². The molecule has 0 aliphatic rings. The predicted octanol–water partition coefficient (Wildman–Crippen LogP) is 5.32. The van der Waals surface area contributed by atoms with Crippen LogP contribution in [0.1, 0.15) is 42.5 Å². The first-order valence-corrected chi connectivity index (χ1v) is 8.12. The number of nitrogens with one attached hydrogen (secondary N) is 1. The van der Waals surface area contributed by atoms with Crippen molar-refractivity contribution in [1.82, 2.24) is 5.32 Å². The zero-order valence-corrected chi connectivity index (χ0v) is 13.7. The maximum Gasteiger partial charge on any atom is 0.0482 e. The largest absolute Gasteiger partial charge is 0.310 e. The lowest BCUT2D eigenvalue weighted by molar-refractivity contribution is 0.498. The van der Waals surface area contributed by atoms with Crippen LogP contribution < -0.4 is 5.32 Å². The van der Waals surface area contributed by atoms with E-state index in [4.69, 9.17) is 11.6 Å². The smallest absolute Gasteiger partial charge is 0.0482 e. The van der Waals surface area contributed by atoms with Crippen molar-refractivity contribution in [3.05, 3.63) is 70.2 Å². The van der Waals surface area contributed by atoms with Gasteiger partial charge in [0.2, 0.25) is 0 Å². The highest BCUT2D eigenvalue weighted by Gasteiger charge is 2.14. The van der Waals surface area contributed by atoms with Crippen LogP contribution in [0.2, 0.25) is 5.02 Å². The van der Waals surface area contributed by atoms with E-state index < -0.39 is 0 Å². The van der Waals surface area contributed by atoms with Crippen molar-refractivity contribution < 1.29 is 0 Å². The second-order valence-electron chi connectivity index (χ2n) is 5.47. The molecule has 0 aromatic heterocycles. The van der Waals surface area contributed by atoms with Gasteiger partial charge in [-0.3, -0.25) is 0 Å². The lowest BCUT2D eigenvalue weighted by Gasteiger charge is -2.20. The third-order valence-electron chi connectivity index (χ3n) is 3.85. The first-order chi connectivity index (χ1) is 10.2. The molecular weight excluding hydrogens is 278 g/mol. The van der Waals surface area contributed by atoms with Crippen molar-refractivity contribution in [3.63, 3.8) is 0 Å². The first kappa shape index (κ1) is 16.1. The van der Waals surface area contributed by atoms with Gasteiger partial charge in [-0.2, -0.15) is 0 Å². The Bertz CT molecular complexity index is 551. The van der Waals surface area contributed by atoms with Crippen LogP contribution in [0, 0.1) is 6.92 Å². The molecule has 1 atom stereocenters. The summed E-state index contributed by atoms with van der Waals surface area (Å²) in [5, 5.41) is 4.47. The molecule has 21 heavy (non-hydrogen) atoms. The van der Waals surface area contributed by atoms with E-state index >= 15 is 0 Å². The van der Waals surface area contributed by atoms with Gasteiger partial charge in [-0.15, -0.1) is 0 Å². The Hall–Kier alpha value is -1.31. The minimum absolute atomic E-state index is 0.339. The summed E-state index contributed by atoms with van der Waals surface area (Å²) in [5.41, 5.74) is 3.79. The minimum Gasteiger partial charge on any atom is -0.310 e. The summed E-state index contributed by atoms with van der Waals surface area (Å²) >= 11 is 6.48. The number of halogens is 1. The molecule has 112 valence electrons. The maximum atomic E-state index is 6.48. The minimum atomic E-state index is 0.339. The lowest BCUT2D eigenvalue weighted by Crippen LogP contribution is -2.21.